The van der Waals surface area contributed by atoms with Crippen LogP contribution in [0.25, 0.3) is 0 Å². The Labute approximate surface area is 119 Å². The molecular formula is C15H21NO2S. The molecule has 0 saturated heterocycles. The minimum Gasteiger partial charge on any atom is -0.395 e. The summed E-state index contributed by atoms with van der Waals surface area (Å²) in [6, 6.07) is 2.00. The third-order valence-electron chi connectivity index (χ3n) is 3.19. The standard InChI is InChI=1S/C15H21NO2S/c1-4-11(2)12(3)16-15(18)14-13(8-10-19-14)7-5-6-9-17/h8,10-12,17H,4,6,9H2,1-3H3,(H,16,18). The van der Waals surface area contributed by atoms with Gasteiger partial charge in [0, 0.05) is 18.0 Å². The first-order valence-electron chi connectivity index (χ1n) is 6.58. The van der Waals surface area contributed by atoms with E-state index in [2.05, 4.69) is 31.0 Å². The highest BCUT2D eigenvalue weighted by Crippen LogP contribution is 2.17. The Bertz CT molecular complexity index is 470. The van der Waals surface area contributed by atoms with Crippen LogP contribution in [0.4, 0.5) is 0 Å². The van der Waals surface area contributed by atoms with Crippen LogP contribution in [0.3, 0.4) is 0 Å². The van der Waals surface area contributed by atoms with Crippen molar-refractivity contribution in [2.45, 2.75) is 39.7 Å². The van der Waals surface area contributed by atoms with Crippen LogP contribution >= 0.6 is 11.3 Å². The van der Waals surface area contributed by atoms with E-state index in [0.29, 0.717) is 17.2 Å². The Morgan fingerprint density at radius 1 is 1.53 bits per heavy atom. The third-order valence-corrected chi connectivity index (χ3v) is 4.10. The Hall–Kier alpha value is -1.31. The van der Waals surface area contributed by atoms with E-state index in [-0.39, 0.29) is 18.6 Å². The van der Waals surface area contributed by atoms with Gasteiger partial charge >= 0.3 is 0 Å². The maximum atomic E-state index is 12.2. The fourth-order valence-electron chi connectivity index (χ4n) is 1.57. The molecule has 2 unspecified atom stereocenters. The molecule has 2 atom stereocenters. The van der Waals surface area contributed by atoms with Crippen LogP contribution in [0.15, 0.2) is 11.4 Å². The van der Waals surface area contributed by atoms with Gasteiger partial charge in [0.25, 0.3) is 5.91 Å². The summed E-state index contributed by atoms with van der Waals surface area (Å²) in [5.41, 5.74) is 0.743. The third kappa shape index (κ3) is 4.70. The zero-order chi connectivity index (χ0) is 14.3. The highest BCUT2D eigenvalue weighted by molar-refractivity contribution is 7.12. The number of rotatable bonds is 5. The number of carbonyl (C=O) groups is 1. The van der Waals surface area contributed by atoms with Crippen LogP contribution in [-0.2, 0) is 0 Å². The fourth-order valence-corrected chi connectivity index (χ4v) is 2.32. The summed E-state index contributed by atoms with van der Waals surface area (Å²) < 4.78 is 0. The second-order valence-electron chi connectivity index (χ2n) is 4.59. The molecule has 0 aliphatic carbocycles. The first-order valence-corrected chi connectivity index (χ1v) is 7.46. The second-order valence-corrected chi connectivity index (χ2v) is 5.50. The van der Waals surface area contributed by atoms with E-state index in [1.54, 1.807) is 0 Å². The summed E-state index contributed by atoms with van der Waals surface area (Å²) in [7, 11) is 0. The number of amides is 1. The van der Waals surface area contributed by atoms with Gasteiger partial charge in [0.15, 0.2) is 0 Å². The van der Waals surface area contributed by atoms with Crippen LogP contribution in [-0.4, -0.2) is 23.7 Å². The largest absolute Gasteiger partial charge is 0.395 e. The van der Waals surface area contributed by atoms with Gasteiger partial charge in [0.2, 0.25) is 0 Å². The average molecular weight is 279 g/mol. The maximum Gasteiger partial charge on any atom is 0.262 e. The number of nitrogens with one attached hydrogen (secondary N) is 1. The van der Waals surface area contributed by atoms with Gasteiger partial charge in [-0.3, -0.25) is 4.79 Å². The topological polar surface area (TPSA) is 49.3 Å². The van der Waals surface area contributed by atoms with Gasteiger partial charge in [-0.15, -0.1) is 11.3 Å². The van der Waals surface area contributed by atoms with Crippen molar-refractivity contribution in [1.29, 1.82) is 0 Å². The summed E-state index contributed by atoms with van der Waals surface area (Å²) >= 11 is 1.40. The lowest BCUT2D eigenvalue weighted by molar-refractivity contribution is 0.0932. The smallest absolute Gasteiger partial charge is 0.262 e. The van der Waals surface area contributed by atoms with Crippen LogP contribution in [0, 0.1) is 17.8 Å². The molecule has 0 aliphatic rings. The van der Waals surface area contributed by atoms with Crippen molar-refractivity contribution in [3.05, 3.63) is 21.9 Å². The van der Waals surface area contributed by atoms with E-state index in [1.165, 1.54) is 11.3 Å². The second kappa shape index (κ2) is 7.98. The first-order chi connectivity index (χ1) is 9.10. The normalized spacial score (nSPS) is 13.3. The number of hydrogen-bond acceptors (Lipinski definition) is 3. The summed E-state index contributed by atoms with van der Waals surface area (Å²) in [4.78, 5) is 12.8. The molecule has 0 bridgehead atoms. The fraction of sp³-hybridized carbons (Fsp3) is 0.533. The molecule has 1 rings (SSSR count). The van der Waals surface area contributed by atoms with Crippen LogP contribution in [0.5, 0.6) is 0 Å². The molecule has 0 spiro atoms. The molecule has 1 aromatic rings. The molecular weight excluding hydrogens is 258 g/mol. The molecule has 0 saturated carbocycles. The van der Waals surface area contributed by atoms with Crippen molar-refractivity contribution in [1.82, 2.24) is 5.32 Å². The summed E-state index contributed by atoms with van der Waals surface area (Å²) in [6.45, 7) is 6.31. The molecule has 0 radical (unpaired) electrons. The number of thiophene rings is 1. The molecule has 0 aromatic carbocycles. The highest BCUT2D eigenvalue weighted by atomic mass is 32.1. The lowest BCUT2D eigenvalue weighted by Crippen LogP contribution is -2.36. The molecule has 4 heteroatoms. The predicted molar refractivity (Wildman–Crippen MR) is 79.3 cm³/mol. The zero-order valence-electron chi connectivity index (χ0n) is 11.7. The quantitative estimate of drug-likeness (QED) is 0.814. The summed E-state index contributed by atoms with van der Waals surface area (Å²) in [6.07, 6.45) is 1.47. The van der Waals surface area contributed by atoms with Crippen molar-refractivity contribution in [3.63, 3.8) is 0 Å². The lowest BCUT2D eigenvalue weighted by atomic mass is 10.0. The molecule has 1 aromatic heterocycles. The summed E-state index contributed by atoms with van der Waals surface area (Å²) in [5, 5.41) is 13.6. The molecule has 1 heterocycles. The van der Waals surface area contributed by atoms with Crippen molar-refractivity contribution in [3.8, 4) is 11.8 Å². The van der Waals surface area contributed by atoms with Gasteiger partial charge < -0.3 is 10.4 Å². The van der Waals surface area contributed by atoms with Gasteiger partial charge in [-0.1, -0.05) is 32.1 Å². The van der Waals surface area contributed by atoms with Crippen LogP contribution in [0.1, 0.15) is 48.8 Å². The lowest BCUT2D eigenvalue weighted by Gasteiger charge is -2.19. The van der Waals surface area contributed by atoms with E-state index >= 15 is 0 Å². The Kier molecular flexibility index (Phi) is 6.61. The number of hydrogen-bond donors (Lipinski definition) is 2. The Morgan fingerprint density at radius 2 is 2.26 bits per heavy atom. The molecule has 0 aliphatic heterocycles. The molecule has 3 nitrogen and oxygen atoms in total. The minimum atomic E-state index is -0.0592. The minimum absolute atomic E-state index is 0.0454. The average Bonchev–Trinajstić information content (AvgIpc) is 2.86. The van der Waals surface area contributed by atoms with Crippen LogP contribution in [0.2, 0.25) is 0 Å². The van der Waals surface area contributed by atoms with Crippen molar-refractivity contribution in [2.24, 2.45) is 5.92 Å². The van der Waals surface area contributed by atoms with E-state index in [0.717, 1.165) is 12.0 Å². The van der Waals surface area contributed by atoms with Gasteiger partial charge in [0.05, 0.1) is 6.61 Å². The molecule has 104 valence electrons. The SMILES string of the molecule is CCC(C)C(C)NC(=O)c1sccc1C#CCCO. The number of carbonyl (C=O) groups excluding carboxylic acids is 1. The Balaban J connectivity index is 2.73. The van der Waals surface area contributed by atoms with Crippen molar-refractivity contribution < 1.29 is 9.90 Å². The van der Waals surface area contributed by atoms with E-state index in [9.17, 15) is 4.79 Å². The first kappa shape index (κ1) is 15.7. The van der Waals surface area contributed by atoms with E-state index in [1.807, 2.05) is 18.4 Å². The molecule has 2 N–H and O–H groups in total. The predicted octanol–water partition coefficient (Wildman–Crippen LogP) is 2.65. The molecule has 19 heavy (non-hydrogen) atoms. The van der Waals surface area contributed by atoms with Gasteiger partial charge in [0.1, 0.15) is 4.88 Å². The molecule has 1 amide bonds. The highest BCUT2D eigenvalue weighted by Gasteiger charge is 2.17. The molecule has 0 fully saturated rings. The van der Waals surface area contributed by atoms with Gasteiger partial charge in [-0.2, -0.15) is 0 Å². The van der Waals surface area contributed by atoms with Gasteiger partial charge in [-0.05, 0) is 24.3 Å². The number of aliphatic hydroxyl groups excluding tert-OH is 1. The monoisotopic (exact) mass is 279 g/mol. The van der Waals surface area contributed by atoms with Crippen LogP contribution < -0.4 is 5.32 Å². The van der Waals surface area contributed by atoms with Crippen molar-refractivity contribution in [2.75, 3.05) is 6.61 Å². The van der Waals surface area contributed by atoms with E-state index < -0.39 is 0 Å². The van der Waals surface area contributed by atoms with E-state index in [4.69, 9.17) is 5.11 Å². The number of aliphatic hydroxyl groups is 1. The zero-order valence-corrected chi connectivity index (χ0v) is 12.5. The maximum absolute atomic E-state index is 12.2. The Morgan fingerprint density at radius 3 is 2.89 bits per heavy atom. The van der Waals surface area contributed by atoms with Gasteiger partial charge in [-0.25, -0.2) is 0 Å². The summed E-state index contributed by atoms with van der Waals surface area (Å²) in [5.74, 6) is 6.17. The van der Waals surface area contributed by atoms with Crippen molar-refractivity contribution >= 4 is 17.2 Å².